The second-order valence-electron chi connectivity index (χ2n) is 3.51. The van der Waals surface area contributed by atoms with Gasteiger partial charge in [0.15, 0.2) is 0 Å². The van der Waals surface area contributed by atoms with Gasteiger partial charge in [0.1, 0.15) is 0 Å². The van der Waals surface area contributed by atoms with Gasteiger partial charge in [-0.15, -0.1) is 5.73 Å². The summed E-state index contributed by atoms with van der Waals surface area (Å²) in [4.78, 5) is 0. The minimum atomic E-state index is 0.716. The van der Waals surface area contributed by atoms with Crippen molar-refractivity contribution in [2.75, 3.05) is 0 Å². The Labute approximate surface area is 77.4 Å². The summed E-state index contributed by atoms with van der Waals surface area (Å²) in [6, 6.07) is 0. The largest absolute Gasteiger partial charge is 0.126 e. The molecule has 0 aliphatic carbocycles. The van der Waals surface area contributed by atoms with E-state index in [0.29, 0.717) is 5.92 Å². The van der Waals surface area contributed by atoms with Crippen molar-refractivity contribution in [2.45, 2.75) is 53.4 Å². The third-order valence-electron chi connectivity index (χ3n) is 2.35. The smallest absolute Gasteiger partial charge is 0.0158 e. The summed E-state index contributed by atoms with van der Waals surface area (Å²) >= 11 is 0. The maximum atomic E-state index is 3.26. The highest BCUT2D eigenvalue weighted by Gasteiger charge is 2.01. The summed E-state index contributed by atoms with van der Waals surface area (Å²) in [5, 5.41) is 0. The van der Waals surface area contributed by atoms with E-state index < -0.39 is 0 Å². The van der Waals surface area contributed by atoms with Crippen molar-refractivity contribution in [3.8, 4) is 0 Å². The molecule has 0 fully saturated rings. The summed E-state index contributed by atoms with van der Waals surface area (Å²) in [5.74, 6) is 0.716. The van der Waals surface area contributed by atoms with Crippen LogP contribution in [0.3, 0.4) is 0 Å². The van der Waals surface area contributed by atoms with Gasteiger partial charge in [-0.1, -0.05) is 33.1 Å². The van der Waals surface area contributed by atoms with Crippen molar-refractivity contribution < 1.29 is 0 Å². The highest BCUT2D eigenvalue weighted by atomic mass is 14.1. The van der Waals surface area contributed by atoms with Crippen LogP contribution in [0, 0.1) is 5.92 Å². The molecular weight excluding hydrogens is 144 g/mol. The predicted molar refractivity (Wildman–Crippen MR) is 56.3 cm³/mol. The van der Waals surface area contributed by atoms with Gasteiger partial charge in [-0.05, 0) is 37.8 Å². The molecule has 0 amide bonds. The van der Waals surface area contributed by atoms with Gasteiger partial charge in [0.05, 0.1) is 0 Å². The molecule has 0 aromatic carbocycles. The van der Waals surface area contributed by atoms with E-state index in [4.69, 9.17) is 0 Å². The lowest BCUT2D eigenvalue weighted by atomic mass is 9.97. The van der Waals surface area contributed by atoms with Crippen molar-refractivity contribution in [3.05, 3.63) is 17.4 Å². The van der Waals surface area contributed by atoms with Crippen molar-refractivity contribution in [2.24, 2.45) is 5.92 Å². The molecular formula is C12H22. The van der Waals surface area contributed by atoms with E-state index in [0.717, 1.165) is 0 Å². The maximum Gasteiger partial charge on any atom is -0.0158 e. The van der Waals surface area contributed by atoms with Crippen LogP contribution in [-0.4, -0.2) is 0 Å². The molecule has 0 radical (unpaired) electrons. The third-order valence-corrected chi connectivity index (χ3v) is 2.35. The zero-order chi connectivity index (χ0) is 9.40. The molecule has 0 rings (SSSR count). The molecule has 1 unspecified atom stereocenters. The van der Waals surface area contributed by atoms with Gasteiger partial charge in [0.25, 0.3) is 0 Å². The molecule has 0 N–H and O–H groups in total. The first kappa shape index (κ1) is 11.5. The number of unbranched alkanes of at least 4 members (excludes halogenated alkanes) is 2. The van der Waals surface area contributed by atoms with Crippen LogP contribution in [0.25, 0.3) is 0 Å². The molecule has 0 aromatic heterocycles. The molecule has 70 valence electrons. The van der Waals surface area contributed by atoms with Crippen molar-refractivity contribution in [1.82, 2.24) is 0 Å². The van der Waals surface area contributed by atoms with Crippen molar-refractivity contribution >= 4 is 0 Å². The molecule has 0 saturated carbocycles. The third kappa shape index (κ3) is 5.21. The van der Waals surface area contributed by atoms with Gasteiger partial charge in [-0.2, -0.15) is 0 Å². The first-order chi connectivity index (χ1) is 5.72. The Kier molecular flexibility index (Phi) is 6.90. The topological polar surface area (TPSA) is 0 Å². The van der Waals surface area contributed by atoms with E-state index in [-0.39, 0.29) is 0 Å². The van der Waals surface area contributed by atoms with Crippen molar-refractivity contribution in [3.63, 3.8) is 0 Å². The Morgan fingerprint density at radius 1 is 1.42 bits per heavy atom. The van der Waals surface area contributed by atoms with Crippen LogP contribution in [0.15, 0.2) is 17.4 Å². The van der Waals surface area contributed by atoms with E-state index >= 15 is 0 Å². The lowest BCUT2D eigenvalue weighted by Gasteiger charge is -2.08. The Morgan fingerprint density at radius 3 is 2.58 bits per heavy atom. The number of hydrogen-bond donors (Lipinski definition) is 0. The molecule has 0 saturated heterocycles. The molecule has 0 bridgehead atoms. The lowest BCUT2D eigenvalue weighted by Crippen LogP contribution is -1.95. The fourth-order valence-electron chi connectivity index (χ4n) is 1.29. The van der Waals surface area contributed by atoms with Crippen LogP contribution in [0.2, 0.25) is 0 Å². The summed E-state index contributed by atoms with van der Waals surface area (Å²) in [6.07, 6.45) is 7.37. The molecule has 0 spiro atoms. The lowest BCUT2D eigenvalue weighted by molar-refractivity contribution is 0.555. The highest BCUT2D eigenvalue weighted by molar-refractivity contribution is 5.00. The Balaban J connectivity index is 3.72. The van der Waals surface area contributed by atoms with Crippen molar-refractivity contribution in [1.29, 1.82) is 0 Å². The molecule has 0 aliphatic rings. The minimum Gasteiger partial charge on any atom is -0.126 e. The fourth-order valence-corrected chi connectivity index (χ4v) is 1.29. The summed E-state index contributed by atoms with van der Waals surface area (Å²) in [5.41, 5.74) is 4.66. The van der Waals surface area contributed by atoms with E-state index in [1.54, 1.807) is 0 Å². The SMILES string of the molecule is CC=C=C(C)C(C)CCCCC. The van der Waals surface area contributed by atoms with Gasteiger partial charge >= 0.3 is 0 Å². The van der Waals surface area contributed by atoms with Crippen LogP contribution >= 0.6 is 0 Å². The Morgan fingerprint density at radius 2 is 2.08 bits per heavy atom. The monoisotopic (exact) mass is 166 g/mol. The first-order valence-electron chi connectivity index (χ1n) is 5.10. The highest BCUT2D eigenvalue weighted by Crippen LogP contribution is 2.16. The molecule has 0 heterocycles. The summed E-state index contributed by atoms with van der Waals surface area (Å²) in [6.45, 7) is 8.75. The van der Waals surface area contributed by atoms with Gasteiger partial charge < -0.3 is 0 Å². The number of allylic oxidation sites excluding steroid dienone is 1. The van der Waals surface area contributed by atoms with Gasteiger partial charge in [0.2, 0.25) is 0 Å². The molecule has 1 atom stereocenters. The molecule has 0 aromatic rings. The standard InChI is InChI=1S/C12H22/c1-5-7-8-10-12(4)11(3)9-6-2/h6,12H,5,7-8,10H2,1-4H3. The van der Waals surface area contributed by atoms with E-state index in [9.17, 15) is 0 Å². The second-order valence-corrected chi connectivity index (χ2v) is 3.51. The van der Waals surface area contributed by atoms with Crippen LogP contribution < -0.4 is 0 Å². The van der Waals surface area contributed by atoms with Crippen LogP contribution in [-0.2, 0) is 0 Å². The quantitative estimate of drug-likeness (QED) is 0.421. The average Bonchev–Trinajstić information content (AvgIpc) is 2.05. The summed E-state index contributed by atoms with van der Waals surface area (Å²) < 4.78 is 0. The first-order valence-corrected chi connectivity index (χ1v) is 5.10. The zero-order valence-corrected chi connectivity index (χ0v) is 8.98. The number of rotatable bonds is 5. The van der Waals surface area contributed by atoms with E-state index in [2.05, 4.69) is 26.5 Å². The predicted octanol–water partition coefficient (Wildman–Crippen LogP) is 4.32. The van der Waals surface area contributed by atoms with Crippen LogP contribution in [0.5, 0.6) is 0 Å². The normalized spacial score (nSPS) is 12.0. The summed E-state index contributed by atoms with van der Waals surface area (Å²) in [7, 11) is 0. The van der Waals surface area contributed by atoms with Crippen LogP contribution in [0.4, 0.5) is 0 Å². The fraction of sp³-hybridized carbons (Fsp3) is 0.750. The Bertz CT molecular complexity index is 159. The minimum absolute atomic E-state index is 0.716. The molecule has 12 heavy (non-hydrogen) atoms. The van der Waals surface area contributed by atoms with E-state index in [1.165, 1.54) is 31.3 Å². The average molecular weight is 166 g/mol. The maximum absolute atomic E-state index is 3.26. The molecule has 0 aliphatic heterocycles. The second kappa shape index (κ2) is 7.18. The Hall–Kier alpha value is -0.480. The molecule has 0 nitrogen and oxygen atoms in total. The van der Waals surface area contributed by atoms with Crippen LogP contribution in [0.1, 0.15) is 53.4 Å². The zero-order valence-electron chi connectivity index (χ0n) is 8.98. The van der Waals surface area contributed by atoms with Gasteiger partial charge in [-0.25, -0.2) is 0 Å². The van der Waals surface area contributed by atoms with Gasteiger partial charge in [0, 0.05) is 0 Å². The number of hydrogen-bond acceptors (Lipinski definition) is 0. The van der Waals surface area contributed by atoms with E-state index in [1.807, 2.05) is 13.0 Å². The molecule has 0 heteroatoms. The van der Waals surface area contributed by atoms with Gasteiger partial charge in [-0.3, -0.25) is 0 Å².